The molecule has 0 saturated heterocycles. The van der Waals surface area contributed by atoms with Crippen LogP contribution in [0.5, 0.6) is 5.75 Å². The molecule has 1 aromatic carbocycles. The van der Waals surface area contributed by atoms with E-state index in [1.807, 2.05) is 6.07 Å². The van der Waals surface area contributed by atoms with Gasteiger partial charge in [-0.05, 0) is 42.5 Å². The highest BCUT2D eigenvalue weighted by atomic mass is 16.5. The third-order valence-corrected chi connectivity index (χ3v) is 3.37. The number of benzene rings is 1. The van der Waals surface area contributed by atoms with E-state index in [-0.39, 0.29) is 6.04 Å². The summed E-state index contributed by atoms with van der Waals surface area (Å²) in [4.78, 5) is 0. The SMILES string of the molecule is COCCCOCCOc1ccc2c(c1)CC[C@H]2N. The molecule has 2 N–H and O–H groups in total. The van der Waals surface area contributed by atoms with Gasteiger partial charge in [0, 0.05) is 26.4 Å². The molecular weight excluding hydrogens is 242 g/mol. The zero-order chi connectivity index (χ0) is 13.5. The van der Waals surface area contributed by atoms with Crippen LogP contribution in [0.2, 0.25) is 0 Å². The van der Waals surface area contributed by atoms with E-state index in [4.69, 9.17) is 19.9 Å². The molecule has 0 radical (unpaired) electrons. The molecular formula is C15H23NO3. The van der Waals surface area contributed by atoms with E-state index in [0.29, 0.717) is 13.2 Å². The Kier molecular flexibility index (Phi) is 5.63. The Morgan fingerprint density at radius 1 is 1.21 bits per heavy atom. The monoisotopic (exact) mass is 265 g/mol. The van der Waals surface area contributed by atoms with Crippen LogP contribution in [0, 0.1) is 0 Å². The molecule has 0 spiro atoms. The molecule has 4 heteroatoms. The van der Waals surface area contributed by atoms with Gasteiger partial charge < -0.3 is 19.9 Å². The number of ether oxygens (including phenoxy) is 3. The summed E-state index contributed by atoms with van der Waals surface area (Å²) in [5.74, 6) is 0.911. The minimum atomic E-state index is 0.202. The van der Waals surface area contributed by atoms with Gasteiger partial charge in [-0.3, -0.25) is 0 Å². The van der Waals surface area contributed by atoms with Crippen molar-refractivity contribution in [3.8, 4) is 5.75 Å². The fourth-order valence-electron chi connectivity index (χ4n) is 2.34. The van der Waals surface area contributed by atoms with Crippen molar-refractivity contribution in [2.24, 2.45) is 5.73 Å². The van der Waals surface area contributed by atoms with Crippen molar-refractivity contribution in [2.45, 2.75) is 25.3 Å². The topological polar surface area (TPSA) is 53.7 Å². The summed E-state index contributed by atoms with van der Waals surface area (Å²) >= 11 is 0. The normalized spacial score (nSPS) is 17.5. The summed E-state index contributed by atoms with van der Waals surface area (Å²) in [5.41, 5.74) is 8.60. The van der Waals surface area contributed by atoms with Gasteiger partial charge in [0.2, 0.25) is 0 Å². The van der Waals surface area contributed by atoms with E-state index in [0.717, 1.165) is 38.2 Å². The van der Waals surface area contributed by atoms with Crippen LogP contribution in [0.15, 0.2) is 18.2 Å². The van der Waals surface area contributed by atoms with Gasteiger partial charge in [-0.25, -0.2) is 0 Å². The van der Waals surface area contributed by atoms with E-state index in [1.165, 1.54) is 11.1 Å². The predicted molar refractivity (Wildman–Crippen MR) is 74.5 cm³/mol. The molecule has 0 aliphatic heterocycles. The van der Waals surface area contributed by atoms with E-state index >= 15 is 0 Å². The Balaban J connectivity index is 1.67. The Labute approximate surface area is 114 Å². The second kappa shape index (κ2) is 7.48. The number of nitrogens with two attached hydrogens (primary N) is 1. The van der Waals surface area contributed by atoms with Gasteiger partial charge in [0.25, 0.3) is 0 Å². The van der Waals surface area contributed by atoms with Crippen LogP contribution < -0.4 is 10.5 Å². The van der Waals surface area contributed by atoms with Crippen molar-refractivity contribution in [1.82, 2.24) is 0 Å². The average Bonchev–Trinajstić information content (AvgIpc) is 2.79. The molecule has 2 rings (SSSR count). The van der Waals surface area contributed by atoms with E-state index in [2.05, 4.69) is 12.1 Å². The highest BCUT2D eigenvalue weighted by Crippen LogP contribution is 2.31. The van der Waals surface area contributed by atoms with E-state index in [9.17, 15) is 0 Å². The molecule has 1 atom stereocenters. The summed E-state index contributed by atoms with van der Waals surface area (Å²) in [6.07, 6.45) is 3.02. The maximum Gasteiger partial charge on any atom is 0.119 e. The molecule has 1 aliphatic carbocycles. The van der Waals surface area contributed by atoms with Gasteiger partial charge in [-0.15, -0.1) is 0 Å². The highest BCUT2D eigenvalue weighted by Gasteiger charge is 2.18. The van der Waals surface area contributed by atoms with Crippen LogP contribution in [0.1, 0.15) is 30.0 Å². The summed E-state index contributed by atoms with van der Waals surface area (Å²) in [6.45, 7) is 2.65. The van der Waals surface area contributed by atoms with Crippen molar-refractivity contribution < 1.29 is 14.2 Å². The smallest absolute Gasteiger partial charge is 0.119 e. The molecule has 1 aliphatic rings. The van der Waals surface area contributed by atoms with Crippen molar-refractivity contribution in [3.05, 3.63) is 29.3 Å². The zero-order valence-corrected chi connectivity index (χ0v) is 11.6. The zero-order valence-electron chi connectivity index (χ0n) is 11.6. The number of fused-ring (bicyclic) bond motifs is 1. The molecule has 0 saturated carbocycles. The van der Waals surface area contributed by atoms with Gasteiger partial charge in [0.05, 0.1) is 6.61 Å². The minimum Gasteiger partial charge on any atom is -0.491 e. The van der Waals surface area contributed by atoms with E-state index < -0.39 is 0 Å². The number of hydrogen-bond acceptors (Lipinski definition) is 4. The maximum atomic E-state index is 6.00. The standard InChI is InChI=1S/C15H23NO3/c1-17-7-2-8-18-9-10-19-13-4-5-14-12(11-13)3-6-15(14)16/h4-5,11,15H,2-3,6-10,16H2,1H3/t15-/m1/s1. The number of rotatable bonds is 8. The summed E-state index contributed by atoms with van der Waals surface area (Å²) < 4.78 is 16.1. The summed E-state index contributed by atoms with van der Waals surface area (Å²) in [7, 11) is 1.70. The Bertz CT molecular complexity index is 395. The number of aryl methyl sites for hydroxylation is 1. The molecule has 0 fully saturated rings. The van der Waals surface area contributed by atoms with Gasteiger partial charge in [0.1, 0.15) is 12.4 Å². The highest BCUT2D eigenvalue weighted by molar-refractivity contribution is 5.40. The third-order valence-electron chi connectivity index (χ3n) is 3.37. The Morgan fingerprint density at radius 3 is 2.95 bits per heavy atom. The first-order chi connectivity index (χ1) is 9.31. The number of hydrogen-bond donors (Lipinski definition) is 1. The van der Waals surface area contributed by atoms with Crippen molar-refractivity contribution in [2.75, 3.05) is 33.5 Å². The molecule has 0 aromatic heterocycles. The second-order valence-electron chi connectivity index (χ2n) is 4.81. The molecule has 1 aromatic rings. The van der Waals surface area contributed by atoms with Crippen LogP contribution in [0.25, 0.3) is 0 Å². The van der Waals surface area contributed by atoms with Crippen LogP contribution in [0.4, 0.5) is 0 Å². The fourth-order valence-corrected chi connectivity index (χ4v) is 2.34. The lowest BCUT2D eigenvalue weighted by Gasteiger charge is -2.09. The lowest BCUT2D eigenvalue weighted by molar-refractivity contribution is 0.0806. The fraction of sp³-hybridized carbons (Fsp3) is 0.600. The van der Waals surface area contributed by atoms with Gasteiger partial charge >= 0.3 is 0 Å². The van der Waals surface area contributed by atoms with Gasteiger partial charge in [0.15, 0.2) is 0 Å². The largest absolute Gasteiger partial charge is 0.491 e. The maximum absolute atomic E-state index is 6.00. The quantitative estimate of drug-likeness (QED) is 0.731. The van der Waals surface area contributed by atoms with Crippen molar-refractivity contribution in [1.29, 1.82) is 0 Å². The second-order valence-corrected chi connectivity index (χ2v) is 4.81. The van der Waals surface area contributed by atoms with Crippen molar-refractivity contribution >= 4 is 0 Å². The molecule has 0 amide bonds. The first-order valence-corrected chi connectivity index (χ1v) is 6.89. The van der Waals surface area contributed by atoms with Gasteiger partial charge in [-0.2, -0.15) is 0 Å². The van der Waals surface area contributed by atoms with E-state index in [1.54, 1.807) is 7.11 Å². The first-order valence-electron chi connectivity index (χ1n) is 6.89. The molecule has 0 bridgehead atoms. The summed E-state index contributed by atoms with van der Waals surface area (Å²) in [5, 5.41) is 0. The molecule has 0 unspecified atom stereocenters. The van der Waals surface area contributed by atoms with Crippen LogP contribution >= 0.6 is 0 Å². The molecule has 4 nitrogen and oxygen atoms in total. The van der Waals surface area contributed by atoms with Crippen molar-refractivity contribution in [3.63, 3.8) is 0 Å². The van der Waals surface area contributed by atoms with Crippen LogP contribution in [-0.2, 0) is 15.9 Å². The first kappa shape index (κ1) is 14.3. The van der Waals surface area contributed by atoms with Gasteiger partial charge in [-0.1, -0.05) is 6.07 Å². The number of methoxy groups -OCH3 is 1. The molecule has 19 heavy (non-hydrogen) atoms. The van der Waals surface area contributed by atoms with Crippen LogP contribution in [-0.4, -0.2) is 33.5 Å². The molecule has 106 valence electrons. The lowest BCUT2D eigenvalue weighted by Crippen LogP contribution is -2.09. The molecule has 0 heterocycles. The summed E-state index contributed by atoms with van der Waals surface area (Å²) in [6, 6.07) is 6.39. The lowest BCUT2D eigenvalue weighted by atomic mass is 10.1. The van der Waals surface area contributed by atoms with Crippen LogP contribution in [0.3, 0.4) is 0 Å². The predicted octanol–water partition coefficient (Wildman–Crippen LogP) is 2.06. The Hall–Kier alpha value is -1.10. The minimum absolute atomic E-state index is 0.202. The third kappa shape index (κ3) is 4.20. The Morgan fingerprint density at radius 2 is 2.11 bits per heavy atom. The average molecular weight is 265 g/mol.